The number of aryl methyl sites for hydroxylation is 2. The average molecular weight is 447 g/mol. The second-order valence-corrected chi connectivity index (χ2v) is 8.98. The van der Waals surface area contributed by atoms with Gasteiger partial charge in [0, 0.05) is 24.9 Å². The SMILES string of the molecule is CNC(=O)[C@H](Cc1ccccc1)N(Cc1ccc(C)cc1)C(=O)CSc1ccc(C)cc1. The molecule has 0 saturated heterocycles. The first-order valence-electron chi connectivity index (χ1n) is 10.8. The first-order valence-corrected chi connectivity index (χ1v) is 11.7. The minimum atomic E-state index is -0.588. The number of thioether (sulfide) groups is 1. The molecule has 0 saturated carbocycles. The molecule has 1 N–H and O–H groups in total. The van der Waals surface area contributed by atoms with E-state index in [9.17, 15) is 9.59 Å². The van der Waals surface area contributed by atoms with Crippen molar-refractivity contribution in [3.8, 4) is 0 Å². The number of benzene rings is 3. The van der Waals surface area contributed by atoms with Gasteiger partial charge in [-0.05, 0) is 37.1 Å². The van der Waals surface area contributed by atoms with E-state index in [1.54, 1.807) is 11.9 Å². The number of hydrogen-bond acceptors (Lipinski definition) is 3. The molecule has 0 bridgehead atoms. The second-order valence-electron chi connectivity index (χ2n) is 7.93. The molecule has 1 atom stereocenters. The van der Waals surface area contributed by atoms with Gasteiger partial charge in [-0.2, -0.15) is 0 Å². The molecule has 5 heteroatoms. The lowest BCUT2D eigenvalue weighted by Crippen LogP contribution is -2.50. The lowest BCUT2D eigenvalue weighted by molar-refractivity contribution is -0.139. The molecule has 0 aromatic heterocycles. The standard InChI is InChI=1S/C27H30N2O2S/c1-20-9-13-23(14-10-20)18-29(26(30)19-32-24-15-11-21(2)12-16-24)25(27(31)28-3)17-22-7-5-4-6-8-22/h4-16,25H,17-19H2,1-3H3,(H,28,31)/t25-/m0/s1. The topological polar surface area (TPSA) is 49.4 Å². The van der Waals surface area contributed by atoms with E-state index in [1.807, 2.05) is 92.7 Å². The molecule has 32 heavy (non-hydrogen) atoms. The highest BCUT2D eigenvalue weighted by Crippen LogP contribution is 2.21. The van der Waals surface area contributed by atoms with Crippen molar-refractivity contribution >= 4 is 23.6 Å². The van der Waals surface area contributed by atoms with Crippen molar-refractivity contribution in [3.05, 3.63) is 101 Å². The van der Waals surface area contributed by atoms with Crippen molar-refractivity contribution in [3.63, 3.8) is 0 Å². The molecule has 0 fully saturated rings. The Balaban J connectivity index is 1.85. The lowest BCUT2D eigenvalue weighted by Gasteiger charge is -2.31. The summed E-state index contributed by atoms with van der Waals surface area (Å²) in [5, 5.41) is 2.76. The van der Waals surface area contributed by atoms with Crippen LogP contribution in [0.2, 0.25) is 0 Å². The maximum absolute atomic E-state index is 13.4. The van der Waals surface area contributed by atoms with Crippen LogP contribution in [0.3, 0.4) is 0 Å². The van der Waals surface area contributed by atoms with Crippen LogP contribution in [0.5, 0.6) is 0 Å². The van der Waals surface area contributed by atoms with Crippen LogP contribution in [0.4, 0.5) is 0 Å². The quantitative estimate of drug-likeness (QED) is 0.481. The van der Waals surface area contributed by atoms with Gasteiger partial charge in [0.05, 0.1) is 5.75 Å². The van der Waals surface area contributed by atoms with E-state index in [1.165, 1.54) is 17.3 Å². The molecule has 4 nitrogen and oxygen atoms in total. The molecule has 0 aliphatic carbocycles. The van der Waals surface area contributed by atoms with Gasteiger partial charge in [0.25, 0.3) is 0 Å². The Hall–Kier alpha value is -3.05. The first-order chi connectivity index (χ1) is 15.5. The number of carbonyl (C=O) groups excluding carboxylic acids is 2. The average Bonchev–Trinajstić information content (AvgIpc) is 2.82. The van der Waals surface area contributed by atoms with Gasteiger partial charge in [-0.15, -0.1) is 11.8 Å². The zero-order chi connectivity index (χ0) is 22.9. The van der Waals surface area contributed by atoms with Gasteiger partial charge in [-0.3, -0.25) is 9.59 Å². The van der Waals surface area contributed by atoms with Crippen LogP contribution in [0.15, 0.2) is 83.8 Å². The summed E-state index contributed by atoms with van der Waals surface area (Å²) in [7, 11) is 1.62. The minimum absolute atomic E-state index is 0.0549. The molecule has 166 valence electrons. The van der Waals surface area contributed by atoms with E-state index in [2.05, 4.69) is 5.32 Å². The highest BCUT2D eigenvalue weighted by atomic mass is 32.2. The number of amides is 2. The van der Waals surface area contributed by atoms with Crippen LogP contribution < -0.4 is 5.32 Å². The third-order valence-electron chi connectivity index (χ3n) is 5.37. The fourth-order valence-electron chi connectivity index (χ4n) is 3.47. The molecule has 3 aromatic rings. The zero-order valence-corrected chi connectivity index (χ0v) is 19.7. The van der Waals surface area contributed by atoms with Crippen molar-refractivity contribution in [2.45, 2.75) is 37.8 Å². The number of likely N-dealkylation sites (N-methyl/N-ethyl adjacent to an activating group) is 1. The first kappa shape index (κ1) is 23.6. The van der Waals surface area contributed by atoms with E-state index in [4.69, 9.17) is 0 Å². The maximum atomic E-state index is 13.4. The van der Waals surface area contributed by atoms with Gasteiger partial charge in [-0.25, -0.2) is 0 Å². The van der Waals surface area contributed by atoms with E-state index >= 15 is 0 Å². The Morgan fingerprint density at radius 3 is 2.03 bits per heavy atom. The highest BCUT2D eigenvalue weighted by Gasteiger charge is 2.29. The van der Waals surface area contributed by atoms with Gasteiger partial charge in [0.15, 0.2) is 0 Å². The van der Waals surface area contributed by atoms with E-state index in [0.717, 1.165) is 21.6 Å². The summed E-state index contributed by atoms with van der Waals surface area (Å²) in [6.07, 6.45) is 0.466. The van der Waals surface area contributed by atoms with Crippen molar-refractivity contribution in [2.24, 2.45) is 0 Å². The molecule has 2 amide bonds. The van der Waals surface area contributed by atoms with Crippen LogP contribution in [0, 0.1) is 13.8 Å². The molecule has 0 unspecified atom stereocenters. The monoisotopic (exact) mass is 446 g/mol. The third-order valence-corrected chi connectivity index (χ3v) is 6.37. The summed E-state index contributed by atoms with van der Waals surface area (Å²) < 4.78 is 0. The third kappa shape index (κ3) is 6.72. The van der Waals surface area contributed by atoms with E-state index in [0.29, 0.717) is 13.0 Å². The highest BCUT2D eigenvalue weighted by molar-refractivity contribution is 8.00. The number of hydrogen-bond donors (Lipinski definition) is 1. The molecule has 3 rings (SSSR count). The Labute approximate surface area is 195 Å². The zero-order valence-electron chi connectivity index (χ0n) is 18.9. The summed E-state index contributed by atoms with van der Waals surface area (Å²) in [5.74, 6) is 0.0624. The fourth-order valence-corrected chi connectivity index (χ4v) is 4.26. The summed E-state index contributed by atoms with van der Waals surface area (Å²) in [4.78, 5) is 29.1. The van der Waals surface area contributed by atoms with Gasteiger partial charge in [0.1, 0.15) is 6.04 Å². The lowest BCUT2D eigenvalue weighted by atomic mass is 10.0. The summed E-state index contributed by atoms with van der Waals surface area (Å²) >= 11 is 1.50. The van der Waals surface area contributed by atoms with Crippen molar-refractivity contribution in [2.75, 3.05) is 12.8 Å². The molecule has 0 radical (unpaired) electrons. The van der Waals surface area contributed by atoms with E-state index < -0.39 is 6.04 Å². The van der Waals surface area contributed by atoms with Crippen LogP contribution in [0.25, 0.3) is 0 Å². The summed E-state index contributed by atoms with van der Waals surface area (Å²) in [5.41, 5.74) is 4.37. The molecular weight excluding hydrogens is 416 g/mol. The van der Waals surface area contributed by atoms with Crippen molar-refractivity contribution < 1.29 is 9.59 Å². The Bertz CT molecular complexity index is 1020. The van der Waals surface area contributed by atoms with Crippen LogP contribution in [-0.2, 0) is 22.6 Å². The normalized spacial score (nSPS) is 11.6. The molecular formula is C27H30N2O2S. The fraction of sp³-hybridized carbons (Fsp3) is 0.259. The smallest absolute Gasteiger partial charge is 0.242 e. The molecule has 0 aliphatic rings. The predicted octanol–water partition coefficient (Wildman–Crippen LogP) is 4.78. The number of carbonyl (C=O) groups is 2. The number of nitrogens with one attached hydrogen (secondary N) is 1. The number of rotatable bonds is 9. The van der Waals surface area contributed by atoms with Gasteiger partial charge in [0.2, 0.25) is 11.8 Å². The molecule has 0 spiro atoms. The molecule has 0 aliphatic heterocycles. The van der Waals surface area contributed by atoms with Crippen LogP contribution in [0.1, 0.15) is 22.3 Å². The number of nitrogens with zero attached hydrogens (tertiary/aromatic N) is 1. The Morgan fingerprint density at radius 2 is 1.44 bits per heavy atom. The van der Waals surface area contributed by atoms with Gasteiger partial charge in [-0.1, -0.05) is 77.9 Å². The summed E-state index contributed by atoms with van der Waals surface area (Å²) in [6.45, 7) is 4.46. The molecule has 3 aromatic carbocycles. The summed E-state index contributed by atoms with van der Waals surface area (Å²) in [6, 6.07) is 25.5. The van der Waals surface area contributed by atoms with Crippen molar-refractivity contribution in [1.82, 2.24) is 10.2 Å². The van der Waals surface area contributed by atoms with E-state index in [-0.39, 0.29) is 17.6 Å². The maximum Gasteiger partial charge on any atom is 0.242 e. The van der Waals surface area contributed by atoms with Crippen LogP contribution >= 0.6 is 11.8 Å². The largest absolute Gasteiger partial charge is 0.357 e. The Kier molecular flexibility index (Phi) is 8.51. The van der Waals surface area contributed by atoms with Gasteiger partial charge >= 0.3 is 0 Å². The van der Waals surface area contributed by atoms with Crippen LogP contribution in [-0.4, -0.2) is 35.6 Å². The Morgan fingerprint density at radius 1 is 0.844 bits per heavy atom. The minimum Gasteiger partial charge on any atom is -0.357 e. The predicted molar refractivity (Wildman–Crippen MR) is 132 cm³/mol. The van der Waals surface area contributed by atoms with Gasteiger partial charge < -0.3 is 10.2 Å². The van der Waals surface area contributed by atoms with Crippen molar-refractivity contribution in [1.29, 1.82) is 0 Å². The molecule has 0 heterocycles. The second kappa shape index (κ2) is 11.5.